The van der Waals surface area contributed by atoms with Gasteiger partial charge in [-0.1, -0.05) is 0 Å². The van der Waals surface area contributed by atoms with Gasteiger partial charge in [0, 0.05) is 0 Å². The Labute approximate surface area is 156 Å². The Morgan fingerprint density at radius 2 is 1.93 bits per heavy atom. The summed E-state index contributed by atoms with van der Waals surface area (Å²) in [5, 5.41) is 2.66. The highest BCUT2D eigenvalue weighted by molar-refractivity contribution is 7.92. The van der Waals surface area contributed by atoms with Gasteiger partial charge in [0.15, 0.2) is 6.10 Å². The maximum absolute atomic E-state index is 12.5. The first-order valence-corrected chi connectivity index (χ1v) is 9.70. The van der Waals surface area contributed by atoms with E-state index in [-0.39, 0.29) is 28.7 Å². The minimum absolute atomic E-state index is 0.0119. The third-order valence-electron chi connectivity index (χ3n) is 3.84. The summed E-state index contributed by atoms with van der Waals surface area (Å²) in [6, 6.07) is 9.99. The molecule has 0 spiro atoms. The van der Waals surface area contributed by atoms with Gasteiger partial charge in [-0.05, 0) is 56.3 Å². The lowest BCUT2D eigenvalue weighted by Gasteiger charge is -2.23. The predicted molar refractivity (Wildman–Crippen MR) is 98.4 cm³/mol. The van der Waals surface area contributed by atoms with E-state index in [4.69, 9.17) is 9.47 Å². The Bertz CT molecular complexity index is 985. The topological polar surface area (TPSA) is 111 Å². The number of ether oxygens (including phenoxy) is 2. The number of hydrogen-bond donors (Lipinski definition) is 2. The van der Waals surface area contributed by atoms with Crippen molar-refractivity contribution < 1.29 is 27.5 Å². The Hall–Kier alpha value is -3.07. The van der Waals surface area contributed by atoms with Gasteiger partial charge in [0.25, 0.3) is 15.9 Å². The molecule has 2 N–H and O–H groups in total. The van der Waals surface area contributed by atoms with Gasteiger partial charge in [-0.2, -0.15) is 0 Å². The zero-order chi connectivity index (χ0) is 19.6. The Morgan fingerprint density at radius 1 is 1.22 bits per heavy atom. The second-order valence-corrected chi connectivity index (χ2v) is 7.49. The van der Waals surface area contributed by atoms with Crippen LogP contribution in [0.3, 0.4) is 0 Å². The van der Waals surface area contributed by atoms with Crippen molar-refractivity contribution in [3.8, 4) is 5.75 Å². The van der Waals surface area contributed by atoms with E-state index in [0.29, 0.717) is 11.4 Å². The lowest BCUT2D eigenvalue weighted by molar-refractivity contribution is -0.122. The number of hydrogen-bond acceptors (Lipinski definition) is 6. The molecule has 27 heavy (non-hydrogen) atoms. The highest BCUT2D eigenvalue weighted by Crippen LogP contribution is 2.32. The summed E-state index contributed by atoms with van der Waals surface area (Å²) in [5.41, 5.74) is 0.913. The summed E-state index contributed by atoms with van der Waals surface area (Å²) in [6.07, 6.45) is -0.613. The van der Waals surface area contributed by atoms with Gasteiger partial charge in [0.1, 0.15) is 5.75 Å². The molecular formula is C18H18N2O6S. The van der Waals surface area contributed by atoms with Crippen molar-refractivity contribution in [2.45, 2.75) is 24.8 Å². The highest BCUT2D eigenvalue weighted by Gasteiger charge is 2.24. The number of benzene rings is 2. The van der Waals surface area contributed by atoms with Crippen molar-refractivity contribution in [2.24, 2.45) is 0 Å². The summed E-state index contributed by atoms with van der Waals surface area (Å²) >= 11 is 0. The molecule has 1 aliphatic rings. The van der Waals surface area contributed by atoms with Crippen molar-refractivity contribution in [1.82, 2.24) is 0 Å². The van der Waals surface area contributed by atoms with Crippen molar-refractivity contribution in [3.63, 3.8) is 0 Å². The van der Waals surface area contributed by atoms with E-state index in [1.165, 1.54) is 36.4 Å². The second kappa shape index (κ2) is 7.28. The molecule has 0 fully saturated rings. The molecule has 2 aromatic rings. The van der Waals surface area contributed by atoms with Gasteiger partial charge >= 0.3 is 5.97 Å². The predicted octanol–water partition coefficient (Wildman–Crippen LogP) is 2.38. The normalized spacial score (nSPS) is 15.9. The minimum Gasteiger partial charge on any atom is -0.479 e. The van der Waals surface area contributed by atoms with Crippen LogP contribution in [0.1, 0.15) is 24.2 Å². The maximum Gasteiger partial charge on any atom is 0.338 e. The number of rotatable bonds is 5. The lowest BCUT2D eigenvalue weighted by atomic mass is 10.2. The molecule has 0 aliphatic carbocycles. The van der Waals surface area contributed by atoms with Crippen molar-refractivity contribution in [2.75, 3.05) is 16.6 Å². The average Bonchev–Trinajstić information content (AvgIpc) is 2.63. The fraction of sp³-hybridized carbons (Fsp3) is 0.222. The molecule has 0 saturated heterocycles. The molecule has 1 aliphatic heterocycles. The molecule has 1 amide bonds. The first kappa shape index (κ1) is 18.7. The highest BCUT2D eigenvalue weighted by atomic mass is 32.2. The summed E-state index contributed by atoms with van der Waals surface area (Å²) in [5.74, 6) is -0.366. The molecule has 0 radical (unpaired) electrons. The molecule has 9 heteroatoms. The summed E-state index contributed by atoms with van der Waals surface area (Å²) in [4.78, 5) is 23.3. The molecule has 1 heterocycles. The summed E-state index contributed by atoms with van der Waals surface area (Å²) in [6.45, 7) is 3.54. The summed E-state index contributed by atoms with van der Waals surface area (Å²) < 4.78 is 37.8. The number of carbonyl (C=O) groups excluding carboxylic acids is 2. The lowest BCUT2D eigenvalue weighted by Crippen LogP contribution is -2.34. The van der Waals surface area contributed by atoms with Crippen LogP contribution in [0.5, 0.6) is 5.75 Å². The number of esters is 1. The number of amides is 1. The van der Waals surface area contributed by atoms with Crippen LogP contribution in [0.2, 0.25) is 0 Å². The van der Waals surface area contributed by atoms with Crippen molar-refractivity contribution >= 4 is 33.3 Å². The first-order chi connectivity index (χ1) is 12.8. The number of sulfonamides is 1. The van der Waals surface area contributed by atoms with Crippen molar-refractivity contribution in [1.29, 1.82) is 0 Å². The van der Waals surface area contributed by atoms with E-state index >= 15 is 0 Å². The van der Waals surface area contributed by atoms with E-state index in [1.807, 2.05) is 0 Å². The van der Waals surface area contributed by atoms with Gasteiger partial charge in [0.05, 0.1) is 28.4 Å². The van der Waals surface area contributed by atoms with E-state index in [1.54, 1.807) is 19.9 Å². The molecule has 0 unspecified atom stereocenters. The molecule has 0 bridgehead atoms. The largest absolute Gasteiger partial charge is 0.479 e. The Balaban J connectivity index is 1.80. The van der Waals surface area contributed by atoms with Crippen LogP contribution < -0.4 is 14.8 Å². The molecule has 0 saturated carbocycles. The fourth-order valence-electron chi connectivity index (χ4n) is 2.47. The van der Waals surface area contributed by atoms with E-state index in [0.717, 1.165) is 0 Å². The van der Waals surface area contributed by atoms with Gasteiger partial charge < -0.3 is 14.8 Å². The van der Waals surface area contributed by atoms with Gasteiger partial charge in [-0.25, -0.2) is 13.2 Å². The molecule has 3 rings (SSSR count). The molecule has 8 nitrogen and oxygen atoms in total. The van der Waals surface area contributed by atoms with Gasteiger partial charge in [-0.15, -0.1) is 0 Å². The zero-order valence-electron chi connectivity index (χ0n) is 14.7. The smallest absolute Gasteiger partial charge is 0.338 e. The zero-order valence-corrected chi connectivity index (χ0v) is 15.5. The second-order valence-electron chi connectivity index (χ2n) is 5.81. The van der Waals surface area contributed by atoms with Crippen LogP contribution in [0.25, 0.3) is 0 Å². The maximum atomic E-state index is 12.5. The molecule has 0 aromatic heterocycles. The monoisotopic (exact) mass is 390 g/mol. The fourth-order valence-corrected chi connectivity index (χ4v) is 3.52. The molecular weight excluding hydrogens is 372 g/mol. The van der Waals surface area contributed by atoms with Crippen LogP contribution in [0.15, 0.2) is 47.4 Å². The van der Waals surface area contributed by atoms with Crippen molar-refractivity contribution in [3.05, 3.63) is 48.0 Å². The summed E-state index contributed by atoms with van der Waals surface area (Å²) in [7, 11) is -3.87. The third-order valence-corrected chi connectivity index (χ3v) is 5.24. The average molecular weight is 390 g/mol. The van der Waals surface area contributed by atoms with Crippen LogP contribution >= 0.6 is 0 Å². The van der Waals surface area contributed by atoms with Crippen LogP contribution in [-0.4, -0.2) is 33.0 Å². The molecule has 2 aromatic carbocycles. The molecule has 142 valence electrons. The standard InChI is InChI=1S/C18H18N2O6S/c1-3-25-18(22)12-4-7-14(8-5-12)27(23,24)20-13-6-9-16-15(10-13)19-17(21)11(2)26-16/h4-11,20H,3H2,1-2H3,(H,19,21)/t11-/m0/s1. The van der Waals surface area contributed by atoms with E-state index < -0.39 is 22.1 Å². The van der Waals surface area contributed by atoms with Crippen LogP contribution in [0.4, 0.5) is 11.4 Å². The third kappa shape index (κ3) is 4.03. The van der Waals surface area contributed by atoms with Crippen LogP contribution in [0, 0.1) is 0 Å². The number of fused-ring (bicyclic) bond motifs is 1. The SMILES string of the molecule is CCOC(=O)c1ccc(S(=O)(=O)Nc2ccc3c(c2)NC(=O)[C@H](C)O3)cc1. The quantitative estimate of drug-likeness (QED) is 0.759. The van der Waals surface area contributed by atoms with Gasteiger partial charge in [-0.3, -0.25) is 9.52 Å². The number of carbonyl (C=O) groups is 2. The first-order valence-electron chi connectivity index (χ1n) is 8.21. The number of anilines is 2. The van der Waals surface area contributed by atoms with Crippen LogP contribution in [-0.2, 0) is 19.6 Å². The molecule has 1 atom stereocenters. The Kier molecular flexibility index (Phi) is 5.04. The van der Waals surface area contributed by atoms with E-state index in [9.17, 15) is 18.0 Å². The minimum atomic E-state index is -3.87. The Morgan fingerprint density at radius 3 is 2.59 bits per heavy atom. The van der Waals surface area contributed by atoms with Gasteiger partial charge in [0.2, 0.25) is 0 Å². The number of nitrogens with one attached hydrogen (secondary N) is 2. The van der Waals surface area contributed by atoms with E-state index in [2.05, 4.69) is 10.0 Å².